The highest BCUT2D eigenvalue weighted by molar-refractivity contribution is 7.91. The fourth-order valence-electron chi connectivity index (χ4n) is 4.39. The van der Waals surface area contributed by atoms with Crippen LogP contribution in [0.2, 0.25) is 0 Å². The molecule has 0 bridgehead atoms. The first-order valence-electron chi connectivity index (χ1n) is 9.33. The number of carboxylic acids is 1. The third-order valence-electron chi connectivity index (χ3n) is 5.84. The molecule has 2 aliphatic heterocycles. The van der Waals surface area contributed by atoms with Gasteiger partial charge in [0, 0.05) is 54.9 Å². The highest BCUT2D eigenvalue weighted by atomic mass is 32.2. The van der Waals surface area contributed by atoms with Crippen LogP contribution in [0.15, 0.2) is 24.4 Å². The van der Waals surface area contributed by atoms with Crippen LogP contribution in [-0.2, 0) is 14.6 Å². The van der Waals surface area contributed by atoms with Gasteiger partial charge in [-0.15, -0.1) is 0 Å². The Kier molecular flexibility index (Phi) is 4.73. The number of aromatic amines is 1. The molecule has 2 saturated heterocycles. The van der Waals surface area contributed by atoms with E-state index in [0.717, 1.165) is 22.0 Å². The SMILES string of the molecule is Cc1ccc2[nH]cc([C@@H](C(=O)O)N3CCN([C@H]4CCS(=O)(=O)C4)CC3)c2c1. The number of aryl methyl sites for hydroxylation is 1. The van der Waals surface area contributed by atoms with Crippen molar-refractivity contribution in [2.75, 3.05) is 37.7 Å². The molecule has 2 N–H and O–H groups in total. The highest BCUT2D eigenvalue weighted by Gasteiger charge is 2.37. The fourth-order valence-corrected chi connectivity index (χ4v) is 6.15. The van der Waals surface area contributed by atoms with Gasteiger partial charge in [-0.1, -0.05) is 11.6 Å². The Labute approximate surface area is 158 Å². The molecular weight excluding hydrogens is 366 g/mol. The summed E-state index contributed by atoms with van der Waals surface area (Å²) in [5.74, 6) is -0.351. The van der Waals surface area contributed by atoms with Crippen LogP contribution in [0.5, 0.6) is 0 Å². The van der Waals surface area contributed by atoms with E-state index >= 15 is 0 Å². The summed E-state index contributed by atoms with van der Waals surface area (Å²) in [5.41, 5.74) is 2.83. The van der Waals surface area contributed by atoms with Crippen molar-refractivity contribution in [3.63, 3.8) is 0 Å². The molecule has 27 heavy (non-hydrogen) atoms. The Bertz CT molecular complexity index is 960. The van der Waals surface area contributed by atoms with Crippen LogP contribution in [0.3, 0.4) is 0 Å². The van der Waals surface area contributed by atoms with E-state index in [0.29, 0.717) is 32.6 Å². The van der Waals surface area contributed by atoms with E-state index in [-0.39, 0.29) is 17.5 Å². The maximum atomic E-state index is 12.1. The number of H-pyrrole nitrogens is 1. The van der Waals surface area contributed by atoms with E-state index in [9.17, 15) is 18.3 Å². The van der Waals surface area contributed by atoms with Crippen molar-refractivity contribution in [3.05, 3.63) is 35.5 Å². The van der Waals surface area contributed by atoms with E-state index in [2.05, 4.69) is 9.88 Å². The van der Waals surface area contributed by atoms with E-state index in [1.807, 2.05) is 30.0 Å². The molecule has 1 aromatic carbocycles. The van der Waals surface area contributed by atoms with Crippen molar-refractivity contribution in [1.82, 2.24) is 14.8 Å². The summed E-state index contributed by atoms with van der Waals surface area (Å²) in [6.07, 6.45) is 2.49. The molecule has 0 saturated carbocycles. The van der Waals surface area contributed by atoms with Gasteiger partial charge in [-0.05, 0) is 25.5 Å². The zero-order chi connectivity index (χ0) is 19.2. The van der Waals surface area contributed by atoms with Crippen LogP contribution < -0.4 is 0 Å². The summed E-state index contributed by atoms with van der Waals surface area (Å²) in [6, 6.07) is 5.39. The van der Waals surface area contributed by atoms with Crippen LogP contribution in [-0.4, -0.2) is 78.0 Å². The van der Waals surface area contributed by atoms with Gasteiger partial charge in [-0.2, -0.15) is 0 Å². The van der Waals surface area contributed by atoms with Gasteiger partial charge in [0.15, 0.2) is 9.84 Å². The second-order valence-electron chi connectivity index (χ2n) is 7.66. The van der Waals surface area contributed by atoms with Gasteiger partial charge in [-0.25, -0.2) is 8.42 Å². The molecule has 146 valence electrons. The lowest BCUT2D eigenvalue weighted by Crippen LogP contribution is -2.52. The second kappa shape index (κ2) is 6.92. The van der Waals surface area contributed by atoms with Gasteiger partial charge < -0.3 is 10.1 Å². The maximum absolute atomic E-state index is 12.1. The first-order chi connectivity index (χ1) is 12.8. The predicted molar refractivity (Wildman–Crippen MR) is 104 cm³/mol. The lowest BCUT2D eigenvalue weighted by Gasteiger charge is -2.40. The Balaban J connectivity index is 1.52. The third-order valence-corrected chi connectivity index (χ3v) is 7.59. The van der Waals surface area contributed by atoms with Crippen molar-refractivity contribution in [3.8, 4) is 0 Å². The first kappa shape index (κ1) is 18.5. The Morgan fingerprint density at radius 1 is 1.26 bits per heavy atom. The molecule has 4 rings (SSSR count). The minimum atomic E-state index is -2.91. The Morgan fingerprint density at radius 2 is 2.00 bits per heavy atom. The normalized spacial score (nSPS) is 25.0. The minimum absolute atomic E-state index is 0.0798. The van der Waals surface area contributed by atoms with Gasteiger partial charge in [0.2, 0.25) is 0 Å². The number of aromatic nitrogens is 1. The summed E-state index contributed by atoms with van der Waals surface area (Å²) >= 11 is 0. The van der Waals surface area contributed by atoms with Crippen LogP contribution in [0.25, 0.3) is 10.9 Å². The first-order valence-corrected chi connectivity index (χ1v) is 11.2. The summed E-state index contributed by atoms with van der Waals surface area (Å²) in [6.45, 7) is 4.63. The van der Waals surface area contributed by atoms with Gasteiger partial charge in [0.1, 0.15) is 6.04 Å². The summed E-state index contributed by atoms with van der Waals surface area (Å²) in [5, 5.41) is 10.9. The predicted octanol–water partition coefficient (Wildman–Crippen LogP) is 1.41. The fraction of sp³-hybridized carbons (Fsp3) is 0.526. The minimum Gasteiger partial charge on any atom is -0.480 e. The van der Waals surface area contributed by atoms with Crippen LogP contribution in [0.1, 0.15) is 23.6 Å². The number of benzene rings is 1. The molecule has 3 heterocycles. The quantitative estimate of drug-likeness (QED) is 0.818. The van der Waals surface area contributed by atoms with E-state index < -0.39 is 21.8 Å². The lowest BCUT2D eigenvalue weighted by molar-refractivity contribution is -0.144. The molecule has 0 radical (unpaired) electrons. The van der Waals surface area contributed by atoms with Gasteiger partial charge in [0.25, 0.3) is 0 Å². The van der Waals surface area contributed by atoms with Crippen molar-refractivity contribution in [1.29, 1.82) is 0 Å². The number of fused-ring (bicyclic) bond motifs is 1. The van der Waals surface area contributed by atoms with Crippen LogP contribution in [0.4, 0.5) is 0 Å². The highest BCUT2D eigenvalue weighted by Crippen LogP contribution is 2.31. The molecule has 2 aliphatic rings. The van der Waals surface area contributed by atoms with Gasteiger partial charge >= 0.3 is 5.97 Å². The largest absolute Gasteiger partial charge is 0.480 e. The number of hydrogen-bond acceptors (Lipinski definition) is 5. The van der Waals surface area contributed by atoms with Crippen LogP contribution >= 0.6 is 0 Å². The monoisotopic (exact) mass is 391 g/mol. The molecule has 0 spiro atoms. The van der Waals surface area contributed by atoms with E-state index in [1.165, 1.54) is 0 Å². The van der Waals surface area contributed by atoms with Gasteiger partial charge in [0.05, 0.1) is 11.5 Å². The Morgan fingerprint density at radius 3 is 2.63 bits per heavy atom. The average molecular weight is 391 g/mol. The number of piperazine rings is 1. The van der Waals surface area contributed by atoms with Crippen molar-refractivity contribution < 1.29 is 18.3 Å². The molecule has 0 amide bonds. The molecule has 8 heteroatoms. The Hall–Kier alpha value is -1.90. The number of nitrogens with zero attached hydrogens (tertiary/aromatic N) is 2. The molecule has 2 atom stereocenters. The van der Waals surface area contributed by atoms with Gasteiger partial charge in [-0.3, -0.25) is 14.6 Å². The second-order valence-corrected chi connectivity index (χ2v) is 9.89. The molecule has 7 nitrogen and oxygen atoms in total. The number of carbonyl (C=O) groups is 1. The van der Waals surface area contributed by atoms with Crippen molar-refractivity contribution in [2.45, 2.75) is 25.4 Å². The molecule has 0 unspecified atom stereocenters. The molecular formula is C19H25N3O4S. The summed E-state index contributed by atoms with van der Waals surface area (Å²) < 4.78 is 23.5. The van der Waals surface area contributed by atoms with Crippen molar-refractivity contribution >= 4 is 26.7 Å². The summed E-state index contributed by atoms with van der Waals surface area (Å²) in [7, 11) is -2.91. The number of aliphatic carboxylic acids is 1. The van der Waals surface area contributed by atoms with Crippen molar-refractivity contribution in [2.24, 2.45) is 0 Å². The topological polar surface area (TPSA) is 93.7 Å². The zero-order valence-electron chi connectivity index (χ0n) is 15.4. The van der Waals surface area contributed by atoms with E-state index in [4.69, 9.17) is 0 Å². The number of nitrogens with one attached hydrogen (secondary N) is 1. The maximum Gasteiger partial charge on any atom is 0.325 e. The third kappa shape index (κ3) is 3.61. The molecule has 1 aromatic heterocycles. The summed E-state index contributed by atoms with van der Waals surface area (Å²) in [4.78, 5) is 19.5. The van der Waals surface area contributed by atoms with E-state index in [1.54, 1.807) is 6.20 Å². The van der Waals surface area contributed by atoms with Crippen LogP contribution in [0, 0.1) is 6.92 Å². The zero-order valence-corrected chi connectivity index (χ0v) is 16.2. The standard InChI is InChI=1S/C19H25N3O4S/c1-13-2-3-17-15(10-13)16(11-20-17)18(19(23)24)22-7-5-21(6-8-22)14-4-9-27(25,26)12-14/h2-3,10-11,14,18,20H,4-9,12H2,1H3,(H,23,24)/t14-,18-/m0/s1. The molecule has 2 fully saturated rings. The number of hydrogen-bond donors (Lipinski definition) is 2. The molecule has 2 aromatic rings. The number of carboxylic acid groups (broad SMARTS) is 1. The number of sulfone groups is 1. The molecule has 0 aliphatic carbocycles. The average Bonchev–Trinajstić information content (AvgIpc) is 3.19. The smallest absolute Gasteiger partial charge is 0.325 e. The number of rotatable bonds is 4. The lowest BCUT2D eigenvalue weighted by atomic mass is 10.0.